The van der Waals surface area contributed by atoms with E-state index in [4.69, 9.17) is 5.26 Å². The van der Waals surface area contributed by atoms with Crippen LogP contribution in [0.4, 0.5) is 18.0 Å². The average Bonchev–Trinajstić information content (AvgIpc) is 2.95. The number of alkyl halides is 3. The number of aromatic nitrogens is 1. The van der Waals surface area contributed by atoms with Crippen molar-refractivity contribution in [2.45, 2.75) is 37.4 Å². The summed E-state index contributed by atoms with van der Waals surface area (Å²) in [5.41, 5.74) is -1.42. The van der Waals surface area contributed by atoms with Gasteiger partial charge in [0.1, 0.15) is 6.07 Å². The monoisotopic (exact) mass is 469 g/mol. The number of nitriles is 1. The Morgan fingerprint density at radius 1 is 1.25 bits per heavy atom. The van der Waals surface area contributed by atoms with E-state index in [-0.39, 0.29) is 23.1 Å². The lowest BCUT2D eigenvalue weighted by molar-refractivity contribution is -0.141. The molecule has 1 aromatic heterocycles. The van der Waals surface area contributed by atoms with Crippen molar-refractivity contribution in [3.8, 4) is 6.07 Å². The number of hydrogen-bond donors (Lipinski definition) is 1. The van der Waals surface area contributed by atoms with E-state index >= 15 is 0 Å². The van der Waals surface area contributed by atoms with Gasteiger partial charge in [-0.05, 0) is 43.2 Å². The van der Waals surface area contributed by atoms with Crippen molar-refractivity contribution in [1.29, 1.82) is 5.26 Å². The van der Waals surface area contributed by atoms with Crippen LogP contribution >= 0.6 is 0 Å². The van der Waals surface area contributed by atoms with Crippen LogP contribution in [0, 0.1) is 22.7 Å². The van der Waals surface area contributed by atoms with Gasteiger partial charge in [-0.3, -0.25) is 4.98 Å². The molecule has 1 aliphatic carbocycles. The highest BCUT2D eigenvalue weighted by Crippen LogP contribution is 2.53. The number of hydrogen-bond acceptors (Lipinski definition) is 5. The van der Waals surface area contributed by atoms with E-state index in [9.17, 15) is 26.4 Å². The molecule has 3 saturated heterocycles. The minimum atomic E-state index is -4.65. The zero-order valence-corrected chi connectivity index (χ0v) is 18.0. The molecule has 4 fully saturated rings. The molecule has 32 heavy (non-hydrogen) atoms. The number of nitrogens with zero attached hydrogens (tertiary/aromatic N) is 4. The molecule has 0 atom stereocenters. The molecule has 1 aromatic rings. The number of nitrogens with one attached hydrogen (secondary N) is 1. The fourth-order valence-electron chi connectivity index (χ4n) is 5.73. The Labute approximate surface area is 183 Å². The Morgan fingerprint density at radius 2 is 1.91 bits per heavy atom. The van der Waals surface area contributed by atoms with Gasteiger partial charge in [-0.15, -0.1) is 0 Å². The molecule has 0 aromatic carbocycles. The first kappa shape index (κ1) is 21.5. The molecule has 2 amide bonds. The number of carbonyl (C=O) groups is 1. The van der Waals surface area contributed by atoms with E-state index in [2.05, 4.69) is 9.71 Å². The van der Waals surface area contributed by atoms with Crippen molar-refractivity contribution in [3.63, 3.8) is 0 Å². The van der Waals surface area contributed by atoms with Crippen molar-refractivity contribution >= 4 is 16.1 Å². The van der Waals surface area contributed by atoms with Crippen molar-refractivity contribution in [2.75, 3.05) is 31.9 Å². The Bertz CT molecular complexity index is 1110. The number of rotatable bonds is 2. The number of amides is 2. The molecular weight excluding hydrogens is 447 g/mol. The lowest BCUT2D eigenvalue weighted by Gasteiger charge is -2.61. The third kappa shape index (κ3) is 3.61. The molecular formula is C20H22F3N5O3S. The van der Waals surface area contributed by atoms with Gasteiger partial charge in [0.25, 0.3) is 0 Å². The second-order valence-corrected chi connectivity index (χ2v) is 11.6. The first-order chi connectivity index (χ1) is 14.9. The highest BCUT2D eigenvalue weighted by molar-refractivity contribution is 7.89. The normalized spacial score (nSPS) is 25.2. The Hall–Kier alpha value is -2.39. The third-order valence-corrected chi connectivity index (χ3v) is 8.59. The summed E-state index contributed by atoms with van der Waals surface area (Å²) in [5.74, 6) is 0.394. The molecule has 12 heteroatoms. The lowest BCUT2D eigenvalue weighted by Crippen LogP contribution is -2.73. The van der Waals surface area contributed by atoms with Crippen LogP contribution < -0.4 is 4.72 Å². The maximum absolute atomic E-state index is 12.9. The number of sulfonamides is 1. The van der Waals surface area contributed by atoms with E-state index in [0.29, 0.717) is 44.6 Å². The fraction of sp³-hybridized carbons (Fsp3) is 0.650. The van der Waals surface area contributed by atoms with Gasteiger partial charge in [0.2, 0.25) is 10.0 Å². The predicted molar refractivity (Wildman–Crippen MR) is 106 cm³/mol. The van der Waals surface area contributed by atoms with Crippen LogP contribution in [0.3, 0.4) is 0 Å². The maximum Gasteiger partial charge on any atom is 0.434 e. The van der Waals surface area contributed by atoms with E-state index in [0.717, 1.165) is 12.8 Å². The lowest BCUT2D eigenvalue weighted by atomic mass is 9.56. The number of carbonyl (C=O) groups excluding carboxylic acids is 1. The highest BCUT2D eigenvalue weighted by atomic mass is 32.2. The Morgan fingerprint density at radius 3 is 2.47 bits per heavy atom. The molecule has 0 bridgehead atoms. The summed E-state index contributed by atoms with van der Waals surface area (Å²) in [6.45, 7) is 2.09. The Kier molecular flexibility index (Phi) is 4.56. The predicted octanol–water partition coefficient (Wildman–Crippen LogP) is 1.72. The molecule has 8 nitrogen and oxygen atoms in total. The molecule has 0 unspecified atom stereocenters. The van der Waals surface area contributed by atoms with Crippen LogP contribution in [0.2, 0.25) is 0 Å². The second kappa shape index (κ2) is 6.81. The fourth-order valence-corrected chi connectivity index (χ4v) is 7.39. The van der Waals surface area contributed by atoms with Gasteiger partial charge in [0, 0.05) is 37.8 Å². The van der Waals surface area contributed by atoms with Crippen LogP contribution in [-0.2, 0) is 22.6 Å². The van der Waals surface area contributed by atoms with Crippen molar-refractivity contribution in [1.82, 2.24) is 19.5 Å². The van der Waals surface area contributed by atoms with Gasteiger partial charge in [-0.1, -0.05) is 0 Å². The van der Waals surface area contributed by atoms with Gasteiger partial charge >= 0.3 is 12.2 Å². The molecule has 172 valence electrons. The van der Waals surface area contributed by atoms with Crippen LogP contribution in [0.15, 0.2) is 12.3 Å². The maximum atomic E-state index is 12.9. The summed E-state index contributed by atoms with van der Waals surface area (Å²) in [6.07, 6.45) is -0.610. The van der Waals surface area contributed by atoms with Crippen LogP contribution in [0.1, 0.15) is 36.1 Å². The van der Waals surface area contributed by atoms with E-state index < -0.39 is 33.0 Å². The highest BCUT2D eigenvalue weighted by Gasteiger charge is 2.57. The summed E-state index contributed by atoms with van der Waals surface area (Å²) in [7, 11) is -3.21. The van der Waals surface area contributed by atoms with Gasteiger partial charge < -0.3 is 9.80 Å². The molecule has 4 heterocycles. The molecule has 1 N–H and O–H groups in total. The van der Waals surface area contributed by atoms with E-state index in [1.807, 2.05) is 0 Å². The summed E-state index contributed by atoms with van der Waals surface area (Å²) < 4.78 is 64.6. The topological polar surface area (TPSA) is 106 Å². The van der Waals surface area contributed by atoms with Crippen molar-refractivity contribution < 1.29 is 26.4 Å². The molecule has 4 aliphatic rings. The second-order valence-electron chi connectivity index (χ2n) is 9.77. The molecule has 3 aliphatic heterocycles. The third-order valence-electron chi connectivity index (χ3n) is 7.10. The minimum absolute atomic E-state index is 0.0647. The van der Waals surface area contributed by atoms with Gasteiger partial charge in [0.05, 0.1) is 16.9 Å². The standard InChI is InChI=1S/C20H22F3N5O3S/c21-20(22,23)16-15(7-24)4-13(8-25-16)3-14-5-18(6-14)9-27(10-18)17(29)28-11-19(12-28)1-2-32(30,31)26-19/h4,8,14,26H,1-3,5-6,9-12H2. The first-order valence-electron chi connectivity index (χ1n) is 10.4. The quantitative estimate of drug-likeness (QED) is 0.710. The summed E-state index contributed by atoms with van der Waals surface area (Å²) >= 11 is 0. The number of pyridine rings is 1. The summed E-state index contributed by atoms with van der Waals surface area (Å²) in [6, 6.07) is 2.79. The van der Waals surface area contributed by atoms with Crippen molar-refractivity contribution in [3.05, 3.63) is 29.1 Å². The van der Waals surface area contributed by atoms with Gasteiger partial charge in [-0.2, -0.15) is 18.4 Å². The van der Waals surface area contributed by atoms with Gasteiger partial charge in [0.15, 0.2) is 5.69 Å². The smallest absolute Gasteiger partial charge is 0.323 e. The van der Waals surface area contributed by atoms with E-state index in [1.165, 1.54) is 12.3 Å². The minimum Gasteiger partial charge on any atom is -0.323 e. The largest absolute Gasteiger partial charge is 0.434 e. The van der Waals surface area contributed by atoms with Crippen molar-refractivity contribution in [2.24, 2.45) is 11.3 Å². The SMILES string of the molecule is N#Cc1cc(CC2CC3(C2)CN(C(=O)N2CC4(CCS(=O)(=O)N4)C2)C3)cnc1C(F)(F)F. The molecule has 5 rings (SSSR count). The van der Waals surface area contributed by atoms with E-state index in [1.54, 1.807) is 15.9 Å². The average molecular weight is 469 g/mol. The zero-order chi connectivity index (χ0) is 22.9. The van der Waals surface area contributed by atoms with Crippen LogP contribution in [0.5, 0.6) is 0 Å². The molecule has 1 saturated carbocycles. The van der Waals surface area contributed by atoms with Crippen LogP contribution in [-0.4, -0.2) is 66.7 Å². The molecule has 2 spiro atoms. The first-order valence-corrected chi connectivity index (χ1v) is 12.1. The van der Waals surface area contributed by atoms with Crippen LogP contribution in [0.25, 0.3) is 0 Å². The zero-order valence-electron chi connectivity index (χ0n) is 17.2. The number of halogens is 3. The van der Waals surface area contributed by atoms with Gasteiger partial charge in [-0.25, -0.2) is 17.9 Å². The Balaban J connectivity index is 1.10. The molecule has 0 radical (unpaired) electrons. The summed E-state index contributed by atoms with van der Waals surface area (Å²) in [4.78, 5) is 19.6. The summed E-state index contributed by atoms with van der Waals surface area (Å²) in [5, 5.41) is 9.02. The number of urea groups is 1. The number of likely N-dealkylation sites (tertiary alicyclic amines) is 2.